The van der Waals surface area contributed by atoms with Gasteiger partial charge in [0.2, 0.25) is 16.7 Å². The highest BCUT2D eigenvalue weighted by Crippen LogP contribution is 2.21. The first kappa shape index (κ1) is 15.4. The lowest BCUT2D eigenvalue weighted by atomic mass is 10.4. The van der Waals surface area contributed by atoms with Crippen LogP contribution in [0.1, 0.15) is 16.4 Å². The van der Waals surface area contributed by atoms with Gasteiger partial charge < -0.3 is 13.7 Å². The third-order valence-electron chi connectivity index (χ3n) is 2.60. The summed E-state index contributed by atoms with van der Waals surface area (Å²) in [5.74, 6) is -0.691. The van der Waals surface area contributed by atoms with Gasteiger partial charge in [0.25, 0.3) is 15.9 Å². The van der Waals surface area contributed by atoms with Gasteiger partial charge in [0.15, 0.2) is 6.61 Å². The third-order valence-corrected chi connectivity index (χ3v) is 4.25. The molecule has 0 radical (unpaired) electrons. The quantitative estimate of drug-likeness (QED) is 0.677. The number of carbonyl (C=O) groups is 1. The van der Waals surface area contributed by atoms with Crippen LogP contribution >= 0.6 is 11.3 Å². The Hall–Kier alpha value is -2.50. The van der Waals surface area contributed by atoms with Crippen molar-refractivity contribution in [1.29, 1.82) is 0 Å². The maximum Gasteiger partial charge on any atom is 0.374 e. The van der Waals surface area contributed by atoms with Crippen LogP contribution in [0, 0.1) is 0 Å². The van der Waals surface area contributed by atoms with Gasteiger partial charge in [-0.05, 0) is 23.6 Å². The molecule has 11 heteroatoms. The lowest BCUT2D eigenvalue weighted by Gasteiger charge is -1.98. The normalized spacial score (nSPS) is 11.5. The maximum absolute atomic E-state index is 11.8. The summed E-state index contributed by atoms with van der Waals surface area (Å²) in [7, 11) is -4.02. The molecule has 23 heavy (non-hydrogen) atoms. The number of furan rings is 1. The number of nitrogens with zero attached hydrogens (tertiary/aromatic N) is 2. The second kappa shape index (κ2) is 5.95. The Kier molecular flexibility index (Phi) is 3.98. The molecule has 120 valence electrons. The molecule has 0 aliphatic heterocycles. The summed E-state index contributed by atoms with van der Waals surface area (Å²) < 4.78 is 36.8. The molecular weight excluding hydrogens is 346 g/mol. The molecule has 0 aliphatic rings. The molecule has 0 spiro atoms. The molecule has 3 rings (SSSR count). The summed E-state index contributed by atoms with van der Waals surface area (Å²) in [6.45, 7) is -0.275. The Morgan fingerprint density at radius 1 is 1.35 bits per heavy atom. The number of hydrogen-bond acceptors (Lipinski definition) is 9. The van der Waals surface area contributed by atoms with Crippen molar-refractivity contribution in [2.75, 3.05) is 0 Å². The minimum Gasteiger partial charge on any atom is -0.450 e. The molecule has 9 nitrogen and oxygen atoms in total. The molecular formula is C12H9N3O6S2. The van der Waals surface area contributed by atoms with E-state index in [9.17, 15) is 13.2 Å². The van der Waals surface area contributed by atoms with Gasteiger partial charge in [-0.3, -0.25) is 0 Å². The van der Waals surface area contributed by atoms with Gasteiger partial charge in [-0.15, -0.1) is 11.3 Å². The zero-order valence-electron chi connectivity index (χ0n) is 11.3. The molecule has 0 amide bonds. The Morgan fingerprint density at radius 2 is 2.17 bits per heavy atom. The summed E-state index contributed by atoms with van der Waals surface area (Å²) in [5, 5.41) is 9.98. The minimum absolute atomic E-state index is 0.0972. The van der Waals surface area contributed by atoms with E-state index in [0.717, 1.165) is 17.0 Å². The minimum atomic E-state index is -4.02. The number of aromatic nitrogens is 2. The van der Waals surface area contributed by atoms with Crippen molar-refractivity contribution in [3.05, 3.63) is 41.3 Å². The average molecular weight is 355 g/mol. The van der Waals surface area contributed by atoms with Crippen LogP contribution in [0.5, 0.6) is 0 Å². The smallest absolute Gasteiger partial charge is 0.374 e. The highest BCUT2D eigenvalue weighted by Gasteiger charge is 2.19. The first-order valence-electron chi connectivity index (χ1n) is 6.10. The molecule has 3 aromatic rings. The van der Waals surface area contributed by atoms with E-state index in [-0.39, 0.29) is 18.3 Å². The molecule has 0 aliphatic carbocycles. The van der Waals surface area contributed by atoms with Gasteiger partial charge in [0.05, 0.1) is 4.88 Å². The number of thiophene rings is 1. The molecule has 0 saturated heterocycles. The number of hydrogen-bond donors (Lipinski definition) is 1. The summed E-state index contributed by atoms with van der Waals surface area (Å²) in [6.07, 6.45) is 0. The molecule has 0 atom stereocenters. The number of sulfonamides is 1. The molecule has 0 saturated carbocycles. The number of primary sulfonamides is 1. The molecule has 0 aromatic carbocycles. The van der Waals surface area contributed by atoms with Gasteiger partial charge in [0.1, 0.15) is 0 Å². The van der Waals surface area contributed by atoms with Crippen LogP contribution in [0.3, 0.4) is 0 Å². The van der Waals surface area contributed by atoms with E-state index in [4.69, 9.17) is 18.8 Å². The first-order chi connectivity index (χ1) is 10.9. The van der Waals surface area contributed by atoms with Crippen LogP contribution in [0.2, 0.25) is 0 Å². The van der Waals surface area contributed by atoms with Crippen molar-refractivity contribution in [2.45, 2.75) is 11.7 Å². The van der Waals surface area contributed by atoms with Crippen molar-refractivity contribution in [3.63, 3.8) is 0 Å². The highest BCUT2D eigenvalue weighted by molar-refractivity contribution is 7.89. The maximum atomic E-state index is 11.8. The number of nitrogens with two attached hydrogens (primary N) is 1. The summed E-state index contributed by atoms with van der Waals surface area (Å²) in [5.41, 5.74) is 0. The Labute approximate surface area is 133 Å². The number of ether oxygens (including phenoxy) is 1. The number of esters is 1. The zero-order chi connectivity index (χ0) is 16.4. The summed E-state index contributed by atoms with van der Waals surface area (Å²) in [6, 6.07) is 5.87. The Balaban J connectivity index is 1.64. The van der Waals surface area contributed by atoms with Gasteiger partial charge in [-0.2, -0.15) is 4.98 Å². The van der Waals surface area contributed by atoms with Gasteiger partial charge in [0, 0.05) is 0 Å². The summed E-state index contributed by atoms with van der Waals surface area (Å²) >= 11 is 1.44. The molecule has 0 unspecified atom stereocenters. The van der Waals surface area contributed by atoms with E-state index in [0.29, 0.717) is 5.82 Å². The topological polar surface area (TPSA) is 139 Å². The Bertz CT molecular complexity index is 926. The predicted molar refractivity (Wildman–Crippen MR) is 76.8 cm³/mol. The molecule has 2 N–H and O–H groups in total. The van der Waals surface area contributed by atoms with Crippen LogP contribution in [0.25, 0.3) is 10.7 Å². The van der Waals surface area contributed by atoms with E-state index >= 15 is 0 Å². The molecule has 3 heterocycles. The lowest BCUT2D eigenvalue weighted by molar-refractivity contribution is 0.0388. The third kappa shape index (κ3) is 3.47. The van der Waals surface area contributed by atoms with Crippen molar-refractivity contribution in [2.24, 2.45) is 5.14 Å². The largest absolute Gasteiger partial charge is 0.450 e. The van der Waals surface area contributed by atoms with Crippen LogP contribution in [0.15, 0.2) is 43.7 Å². The molecule has 0 bridgehead atoms. The zero-order valence-corrected chi connectivity index (χ0v) is 13.0. The number of carbonyl (C=O) groups excluding carboxylic acids is 1. The lowest BCUT2D eigenvalue weighted by Crippen LogP contribution is -2.11. The fourth-order valence-electron chi connectivity index (χ4n) is 1.60. The van der Waals surface area contributed by atoms with E-state index in [1.807, 2.05) is 17.5 Å². The molecule has 3 aromatic heterocycles. The van der Waals surface area contributed by atoms with Crippen LogP contribution < -0.4 is 5.14 Å². The fourth-order valence-corrected chi connectivity index (χ4v) is 2.71. The predicted octanol–water partition coefficient (Wildman–Crippen LogP) is 1.40. The average Bonchev–Trinajstić information content (AvgIpc) is 3.22. The summed E-state index contributed by atoms with van der Waals surface area (Å²) in [4.78, 5) is 16.6. The van der Waals surface area contributed by atoms with Gasteiger partial charge in [-0.25, -0.2) is 18.4 Å². The number of rotatable bonds is 5. The van der Waals surface area contributed by atoms with Crippen LogP contribution in [-0.4, -0.2) is 24.5 Å². The van der Waals surface area contributed by atoms with E-state index < -0.39 is 21.1 Å². The Morgan fingerprint density at radius 3 is 2.83 bits per heavy atom. The molecule has 0 fully saturated rings. The van der Waals surface area contributed by atoms with Crippen LogP contribution in [-0.2, 0) is 21.4 Å². The first-order valence-corrected chi connectivity index (χ1v) is 8.52. The van der Waals surface area contributed by atoms with Crippen molar-refractivity contribution in [3.8, 4) is 10.7 Å². The van der Waals surface area contributed by atoms with Crippen molar-refractivity contribution < 1.29 is 26.9 Å². The van der Waals surface area contributed by atoms with Gasteiger partial charge in [-0.1, -0.05) is 11.2 Å². The van der Waals surface area contributed by atoms with Crippen molar-refractivity contribution in [1.82, 2.24) is 10.1 Å². The van der Waals surface area contributed by atoms with E-state index in [1.54, 1.807) is 0 Å². The van der Waals surface area contributed by atoms with Crippen molar-refractivity contribution >= 4 is 27.3 Å². The van der Waals surface area contributed by atoms with E-state index in [2.05, 4.69) is 10.1 Å². The standard InChI is InChI=1S/C12H9N3O6S2/c13-23(17,18)10-4-3-7(20-10)12(16)19-6-9-14-11(15-21-9)8-2-1-5-22-8/h1-5H,6H2,(H2,13,17,18). The highest BCUT2D eigenvalue weighted by atomic mass is 32.2. The SMILES string of the molecule is NS(=O)(=O)c1ccc(C(=O)OCc2nc(-c3cccs3)no2)o1. The second-order valence-electron chi connectivity index (χ2n) is 4.23. The van der Waals surface area contributed by atoms with E-state index in [1.165, 1.54) is 11.3 Å². The van der Waals surface area contributed by atoms with Crippen LogP contribution in [0.4, 0.5) is 0 Å². The fraction of sp³-hybridized carbons (Fsp3) is 0.0833. The monoisotopic (exact) mass is 355 g/mol. The second-order valence-corrected chi connectivity index (χ2v) is 6.67. The van der Waals surface area contributed by atoms with Gasteiger partial charge >= 0.3 is 5.97 Å².